The zero-order valence-corrected chi connectivity index (χ0v) is 10.0. The fourth-order valence-corrected chi connectivity index (χ4v) is 2.09. The van der Waals surface area contributed by atoms with E-state index in [4.69, 9.17) is 5.73 Å². The molecule has 0 spiro atoms. The fraction of sp³-hybridized carbons (Fsp3) is 0.182. The van der Waals surface area contributed by atoms with Crippen molar-refractivity contribution in [3.63, 3.8) is 0 Å². The van der Waals surface area contributed by atoms with Crippen molar-refractivity contribution in [1.29, 1.82) is 0 Å². The molecule has 78 valence electrons. The normalized spacial score (nSPS) is 10.6. The van der Waals surface area contributed by atoms with Gasteiger partial charge in [-0.3, -0.25) is 0 Å². The number of nitrogens with zero attached hydrogens (tertiary/aromatic N) is 1. The summed E-state index contributed by atoms with van der Waals surface area (Å²) >= 11 is 3.52. The Balaban J connectivity index is 2.44. The molecule has 0 radical (unpaired) electrons. The molecule has 0 atom stereocenters. The van der Waals surface area contributed by atoms with Crippen LogP contribution in [0.2, 0.25) is 0 Å². The van der Waals surface area contributed by atoms with Crippen LogP contribution in [0, 0.1) is 6.92 Å². The van der Waals surface area contributed by atoms with Gasteiger partial charge in [-0.25, -0.2) is 4.98 Å². The maximum absolute atomic E-state index is 5.52. The van der Waals surface area contributed by atoms with Crippen LogP contribution in [0.4, 0.5) is 0 Å². The number of H-pyrrole nitrogens is 1. The molecule has 1 aromatic heterocycles. The number of aromatic amines is 1. The summed E-state index contributed by atoms with van der Waals surface area (Å²) in [5, 5.41) is 0. The summed E-state index contributed by atoms with van der Waals surface area (Å²) in [6, 6.07) is 6.17. The quantitative estimate of drug-likeness (QED) is 0.877. The first-order chi connectivity index (χ1) is 7.20. The van der Waals surface area contributed by atoms with Crippen molar-refractivity contribution in [3.05, 3.63) is 40.1 Å². The molecule has 0 unspecified atom stereocenters. The molecule has 1 heterocycles. The van der Waals surface area contributed by atoms with Crippen molar-refractivity contribution in [1.82, 2.24) is 9.97 Å². The van der Waals surface area contributed by atoms with Crippen molar-refractivity contribution < 1.29 is 0 Å². The number of rotatable bonds is 2. The molecule has 0 saturated heterocycles. The maximum Gasteiger partial charge on any atom is 0.138 e. The smallest absolute Gasteiger partial charge is 0.138 e. The van der Waals surface area contributed by atoms with Crippen LogP contribution in [0.5, 0.6) is 0 Å². The molecule has 0 aliphatic rings. The van der Waals surface area contributed by atoms with Crippen molar-refractivity contribution in [3.8, 4) is 11.4 Å². The SMILES string of the molecule is Cc1ccc(-c2ncc(CN)[nH]2)c(Br)c1. The lowest BCUT2D eigenvalue weighted by Crippen LogP contribution is -1.95. The Kier molecular flexibility index (Phi) is 2.88. The zero-order valence-electron chi connectivity index (χ0n) is 8.42. The Morgan fingerprint density at radius 2 is 2.27 bits per heavy atom. The van der Waals surface area contributed by atoms with Gasteiger partial charge in [0.25, 0.3) is 0 Å². The van der Waals surface area contributed by atoms with E-state index in [0.29, 0.717) is 6.54 Å². The summed E-state index contributed by atoms with van der Waals surface area (Å²) in [6.07, 6.45) is 1.77. The molecule has 0 saturated carbocycles. The third kappa shape index (κ3) is 2.11. The van der Waals surface area contributed by atoms with E-state index in [0.717, 1.165) is 21.6 Å². The highest BCUT2D eigenvalue weighted by Gasteiger charge is 2.06. The molecule has 0 aliphatic heterocycles. The van der Waals surface area contributed by atoms with Crippen LogP contribution in [0.1, 0.15) is 11.3 Å². The fourth-order valence-electron chi connectivity index (χ4n) is 1.41. The number of imidazole rings is 1. The molecule has 4 heteroatoms. The predicted octanol–water partition coefficient (Wildman–Crippen LogP) is 2.61. The number of nitrogens with two attached hydrogens (primary N) is 1. The van der Waals surface area contributed by atoms with E-state index >= 15 is 0 Å². The molecule has 15 heavy (non-hydrogen) atoms. The average molecular weight is 266 g/mol. The van der Waals surface area contributed by atoms with Crippen LogP contribution in [-0.2, 0) is 6.54 Å². The van der Waals surface area contributed by atoms with Crippen LogP contribution in [0.3, 0.4) is 0 Å². The van der Waals surface area contributed by atoms with E-state index in [1.165, 1.54) is 5.56 Å². The lowest BCUT2D eigenvalue weighted by molar-refractivity contribution is 1.01. The van der Waals surface area contributed by atoms with E-state index in [1.807, 2.05) is 6.07 Å². The van der Waals surface area contributed by atoms with Gasteiger partial charge in [0.1, 0.15) is 5.82 Å². The topological polar surface area (TPSA) is 54.7 Å². The van der Waals surface area contributed by atoms with Gasteiger partial charge >= 0.3 is 0 Å². The van der Waals surface area contributed by atoms with E-state index in [1.54, 1.807) is 6.20 Å². The summed E-state index contributed by atoms with van der Waals surface area (Å²) in [6.45, 7) is 2.54. The Bertz CT molecular complexity index is 476. The highest BCUT2D eigenvalue weighted by molar-refractivity contribution is 9.10. The first-order valence-corrected chi connectivity index (χ1v) is 5.50. The van der Waals surface area contributed by atoms with Crippen molar-refractivity contribution in [2.75, 3.05) is 0 Å². The highest BCUT2D eigenvalue weighted by atomic mass is 79.9. The highest BCUT2D eigenvalue weighted by Crippen LogP contribution is 2.26. The summed E-state index contributed by atoms with van der Waals surface area (Å²) in [5.41, 5.74) is 8.74. The molecular formula is C11H12BrN3. The standard InChI is InChI=1S/C11H12BrN3/c1-7-2-3-9(10(12)4-7)11-14-6-8(5-13)15-11/h2-4,6H,5,13H2,1H3,(H,14,15). The largest absolute Gasteiger partial charge is 0.341 e. The number of hydrogen-bond donors (Lipinski definition) is 2. The van der Waals surface area contributed by atoms with Crippen LogP contribution in [-0.4, -0.2) is 9.97 Å². The van der Waals surface area contributed by atoms with Gasteiger partial charge in [0.2, 0.25) is 0 Å². The van der Waals surface area contributed by atoms with E-state index in [2.05, 4.69) is 45.0 Å². The summed E-state index contributed by atoms with van der Waals surface area (Å²) in [5.74, 6) is 0.849. The minimum atomic E-state index is 0.483. The zero-order chi connectivity index (χ0) is 10.8. The molecule has 3 nitrogen and oxygen atoms in total. The van der Waals surface area contributed by atoms with Crippen LogP contribution in [0.25, 0.3) is 11.4 Å². The van der Waals surface area contributed by atoms with E-state index < -0.39 is 0 Å². The monoisotopic (exact) mass is 265 g/mol. The molecule has 0 bridgehead atoms. The van der Waals surface area contributed by atoms with Crippen molar-refractivity contribution >= 4 is 15.9 Å². The summed E-state index contributed by atoms with van der Waals surface area (Å²) in [4.78, 5) is 7.46. The molecule has 0 amide bonds. The minimum Gasteiger partial charge on any atom is -0.341 e. The second kappa shape index (κ2) is 4.16. The Labute approximate surface area is 96.9 Å². The van der Waals surface area contributed by atoms with Gasteiger partial charge in [-0.2, -0.15) is 0 Å². The van der Waals surface area contributed by atoms with E-state index in [-0.39, 0.29) is 0 Å². The number of hydrogen-bond acceptors (Lipinski definition) is 2. The summed E-state index contributed by atoms with van der Waals surface area (Å²) < 4.78 is 1.04. The molecule has 0 fully saturated rings. The third-order valence-electron chi connectivity index (χ3n) is 2.23. The Morgan fingerprint density at radius 1 is 1.47 bits per heavy atom. The lowest BCUT2D eigenvalue weighted by atomic mass is 10.1. The predicted molar refractivity (Wildman–Crippen MR) is 64.4 cm³/mol. The first-order valence-electron chi connectivity index (χ1n) is 4.71. The number of aromatic nitrogens is 2. The number of aryl methyl sites for hydroxylation is 1. The second-order valence-electron chi connectivity index (χ2n) is 3.44. The maximum atomic E-state index is 5.52. The van der Waals surface area contributed by atoms with Crippen LogP contribution >= 0.6 is 15.9 Å². The van der Waals surface area contributed by atoms with Crippen molar-refractivity contribution in [2.45, 2.75) is 13.5 Å². The van der Waals surface area contributed by atoms with Gasteiger partial charge in [-0.15, -0.1) is 0 Å². The van der Waals surface area contributed by atoms with Crippen LogP contribution < -0.4 is 5.73 Å². The molecular weight excluding hydrogens is 254 g/mol. The Morgan fingerprint density at radius 3 is 2.87 bits per heavy atom. The number of halogens is 1. The minimum absolute atomic E-state index is 0.483. The average Bonchev–Trinajstić information content (AvgIpc) is 2.66. The molecule has 0 aliphatic carbocycles. The van der Waals surface area contributed by atoms with Gasteiger partial charge in [-0.1, -0.05) is 22.0 Å². The van der Waals surface area contributed by atoms with Gasteiger partial charge in [-0.05, 0) is 24.6 Å². The molecule has 2 aromatic rings. The van der Waals surface area contributed by atoms with Gasteiger partial charge < -0.3 is 10.7 Å². The Hall–Kier alpha value is -1.13. The van der Waals surface area contributed by atoms with E-state index in [9.17, 15) is 0 Å². The number of nitrogens with one attached hydrogen (secondary N) is 1. The second-order valence-corrected chi connectivity index (χ2v) is 4.30. The molecule has 2 rings (SSSR count). The lowest BCUT2D eigenvalue weighted by Gasteiger charge is -2.02. The van der Waals surface area contributed by atoms with Crippen molar-refractivity contribution in [2.24, 2.45) is 5.73 Å². The van der Waals surface area contributed by atoms with Gasteiger partial charge in [0, 0.05) is 28.5 Å². The number of benzene rings is 1. The molecule has 1 aromatic carbocycles. The molecule has 3 N–H and O–H groups in total. The van der Waals surface area contributed by atoms with Gasteiger partial charge in [0.05, 0.1) is 0 Å². The first kappa shape index (κ1) is 10.4. The van der Waals surface area contributed by atoms with Gasteiger partial charge in [0.15, 0.2) is 0 Å². The van der Waals surface area contributed by atoms with Crippen LogP contribution in [0.15, 0.2) is 28.9 Å². The third-order valence-corrected chi connectivity index (χ3v) is 2.88. The summed E-state index contributed by atoms with van der Waals surface area (Å²) in [7, 11) is 0.